The van der Waals surface area contributed by atoms with Gasteiger partial charge in [0.2, 0.25) is 17.7 Å². The second-order valence-electron chi connectivity index (χ2n) is 10.4. The van der Waals surface area contributed by atoms with Crippen LogP contribution in [0.15, 0.2) is 24.3 Å². The van der Waals surface area contributed by atoms with Gasteiger partial charge >= 0.3 is 5.97 Å². The first-order chi connectivity index (χ1) is 19.1. The van der Waals surface area contributed by atoms with Crippen LogP contribution in [0.25, 0.3) is 0 Å². The van der Waals surface area contributed by atoms with Crippen molar-refractivity contribution in [3.05, 3.63) is 35.4 Å². The van der Waals surface area contributed by atoms with Gasteiger partial charge in [-0.3, -0.25) is 14.4 Å². The average molecular weight is 571 g/mol. The van der Waals surface area contributed by atoms with Crippen molar-refractivity contribution in [3.8, 4) is 6.07 Å². The number of benzene rings is 1. The molecule has 11 nitrogen and oxygen atoms in total. The van der Waals surface area contributed by atoms with Crippen LogP contribution in [0.3, 0.4) is 0 Å². The summed E-state index contributed by atoms with van der Waals surface area (Å²) in [6.07, 6.45) is 4.00. The maximum absolute atomic E-state index is 13.6. The van der Waals surface area contributed by atoms with E-state index in [-0.39, 0.29) is 24.7 Å². The number of aliphatic carboxylic acids is 1. The van der Waals surface area contributed by atoms with Gasteiger partial charge in [0, 0.05) is 19.6 Å². The van der Waals surface area contributed by atoms with Gasteiger partial charge in [-0.25, -0.2) is 4.79 Å². The van der Waals surface area contributed by atoms with Gasteiger partial charge in [-0.1, -0.05) is 24.4 Å². The molecular weight excluding hydrogens is 532 g/mol. The molecule has 2 fully saturated rings. The fourth-order valence-corrected chi connectivity index (χ4v) is 5.42. The Morgan fingerprint density at radius 1 is 1.10 bits per heavy atom. The van der Waals surface area contributed by atoms with Crippen molar-refractivity contribution in [3.63, 3.8) is 0 Å². The number of nitrogens with two attached hydrogens (primary N) is 1. The van der Waals surface area contributed by atoms with Gasteiger partial charge in [0.25, 0.3) is 0 Å². The second-order valence-corrected chi connectivity index (χ2v) is 11.0. The Kier molecular flexibility index (Phi) is 11.4. The first kappa shape index (κ1) is 31.0. The minimum Gasteiger partial charge on any atom is -0.480 e. The van der Waals surface area contributed by atoms with Gasteiger partial charge in [0.05, 0.1) is 22.7 Å². The third kappa shape index (κ3) is 8.22. The number of hydrogen-bond acceptors (Lipinski definition) is 7. The Balaban J connectivity index is 1.59. The molecule has 2 heterocycles. The minimum atomic E-state index is -1.12. The van der Waals surface area contributed by atoms with Gasteiger partial charge < -0.3 is 31.3 Å². The number of nitrogens with zero attached hydrogens (tertiary/aromatic N) is 3. The summed E-state index contributed by atoms with van der Waals surface area (Å²) in [5, 5.41) is 24.2. The molecule has 3 rings (SSSR count). The number of amides is 3. The predicted octanol–water partition coefficient (Wildman–Crippen LogP) is 1.09. The minimum absolute atomic E-state index is 0.266. The second kappa shape index (κ2) is 14.7. The lowest BCUT2D eigenvalue weighted by Crippen LogP contribution is -2.56. The van der Waals surface area contributed by atoms with Gasteiger partial charge in [0.15, 0.2) is 0 Å². The summed E-state index contributed by atoms with van der Waals surface area (Å²) in [5.41, 5.74) is 7.57. The molecule has 2 aliphatic rings. The number of hydrogen-bond donors (Lipinski definition) is 4. The highest BCUT2D eigenvalue weighted by Gasteiger charge is 2.43. The Hall–Kier alpha value is -3.56. The number of thiocarbonyl (C=S) groups is 1. The zero-order valence-corrected chi connectivity index (χ0v) is 23.6. The zero-order valence-electron chi connectivity index (χ0n) is 22.8. The molecule has 0 bridgehead atoms. The van der Waals surface area contributed by atoms with Crippen LogP contribution in [0.2, 0.25) is 0 Å². The fraction of sp³-hybridized carbons (Fsp3) is 0.571. The third-order valence-corrected chi connectivity index (χ3v) is 7.57. The van der Waals surface area contributed by atoms with E-state index in [0.717, 1.165) is 5.56 Å². The number of carboxylic acids is 1. The van der Waals surface area contributed by atoms with Crippen LogP contribution in [-0.4, -0.2) is 87.4 Å². The van der Waals surface area contributed by atoms with Crippen molar-refractivity contribution in [2.24, 2.45) is 5.73 Å². The molecule has 216 valence electrons. The van der Waals surface area contributed by atoms with E-state index in [2.05, 4.69) is 16.7 Å². The molecule has 5 N–H and O–H groups in total. The molecule has 4 atom stereocenters. The van der Waals surface area contributed by atoms with Crippen molar-refractivity contribution >= 4 is 40.9 Å². The maximum atomic E-state index is 13.6. The summed E-state index contributed by atoms with van der Waals surface area (Å²) in [5.74, 6) is -2.24. The molecule has 1 aromatic rings. The molecule has 0 radical (unpaired) electrons. The monoisotopic (exact) mass is 570 g/mol. The van der Waals surface area contributed by atoms with Crippen LogP contribution in [0.1, 0.15) is 63.0 Å². The highest BCUT2D eigenvalue weighted by molar-refractivity contribution is 7.80. The van der Waals surface area contributed by atoms with Gasteiger partial charge in [-0.15, -0.1) is 0 Å². The van der Waals surface area contributed by atoms with E-state index in [4.69, 9.17) is 23.2 Å². The Labute approximate surface area is 240 Å². The van der Waals surface area contributed by atoms with Crippen molar-refractivity contribution < 1.29 is 24.3 Å². The average Bonchev–Trinajstić information content (AvgIpc) is 3.62. The molecule has 2 aliphatic heterocycles. The summed E-state index contributed by atoms with van der Waals surface area (Å²) >= 11 is 4.97. The number of carbonyl (C=O) groups excluding carboxylic acids is 3. The molecule has 0 unspecified atom stereocenters. The quantitative estimate of drug-likeness (QED) is 0.212. The normalized spacial score (nSPS) is 19.9. The number of likely N-dealkylation sites (tertiary alicyclic amines) is 2. The zero-order chi connectivity index (χ0) is 29.2. The number of carboxylic acid groups (broad SMARTS) is 1. The van der Waals surface area contributed by atoms with E-state index in [1.807, 2.05) is 0 Å². The molecule has 2 saturated heterocycles. The van der Waals surface area contributed by atoms with E-state index in [9.17, 15) is 24.3 Å². The van der Waals surface area contributed by atoms with Crippen LogP contribution in [0, 0.1) is 11.3 Å². The van der Waals surface area contributed by atoms with E-state index >= 15 is 0 Å². The predicted molar refractivity (Wildman–Crippen MR) is 152 cm³/mol. The first-order valence-electron chi connectivity index (χ1n) is 13.8. The number of nitrogens with one attached hydrogen (secondary N) is 2. The van der Waals surface area contributed by atoms with Crippen LogP contribution in [-0.2, 0) is 25.6 Å². The topological polar surface area (TPSA) is 169 Å². The number of rotatable bonds is 12. The van der Waals surface area contributed by atoms with E-state index < -0.39 is 36.0 Å². The molecule has 0 aromatic heterocycles. The molecule has 3 amide bonds. The van der Waals surface area contributed by atoms with Gasteiger partial charge in [-0.2, -0.15) is 5.26 Å². The Bertz CT molecular complexity index is 1140. The highest BCUT2D eigenvalue weighted by Crippen LogP contribution is 2.26. The molecule has 40 heavy (non-hydrogen) atoms. The van der Waals surface area contributed by atoms with E-state index in [1.54, 1.807) is 31.2 Å². The molecular formula is C28H38N6O5S. The summed E-state index contributed by atoms with van der Waals surface area (Å²) in [6.45, 7) is 3.18. The SMILES string of the molecule is CC(=S)NCCCC[C@H](NC(=O)[C@@H]1CCCN1C(=O)[C@@H]1CCCN1C(=O)[C@@H](N)Cc1ccc(C#N)cc1)C(=O)O. The lowest BCUT2D eigenvalue weighted by atomic mass is 10.0. The fourth-order valence-electron chi connectivity index (χ4n) is 5.31. The summed E-state index contributed by atoms with van der Waals surface area (Å²) in [7, 11) is 0. The number of carbonyl (C=O) groups is 4. The summed E-state index contributed by atoms with van der Waals surface area (Å²) in [6, 6.07) is 5.51. The summed E-state index contributed by atoms with van der Waals surface area (Å²) < 4.78 is 0. The highest BCUT2D eigenvalue weighted by atomic mass is 32.1. The smallest absolute Gasteiger partial charge is 0.326 e. The molecule has 0 saturated carbocycles. The third-order valence-electron chi connectivity index (χ3n) is 7.42. The van der Waals surface area contributed by atoms with E-state index in [1.165, 1.54) is 9.80 Å². The molecule has 0 spiro atoms. The van der Waals surface area contributed by atoms with Crippen LogP contribution in [0.4, 0.5) is 0 Å². The van der Waals surface area contributed by atoms with Gasteiger partial charge in [0.1, 0.15) is 18.1 Å². The lowest BCUT2D eigenvalue weighted by Gasteiger charge is -2.32. The van der Waals surface area contributed by atoms with Crippen molar-refractivity contribution in [1.29, 1.82) is 5.26 Å². The summed E-state index contributed by atoms with van der Waals surface area (Å²) in [4.78, 5) is 55.4. The Morgan fingerprint density at radius 2 is 1.75 bits per heavy atom. The van der Waals surface area contributed by atoms with Crippen molar-refractivity contribution in [1.82, 2.24) is 20.4 Å². The molecule has 1 aromatic carbocycles. The standard InChI is InChI=1S/C28H38N6O5S/c1-18(40)31-13-3-2-6-22(28(38)39)32-25(35)23-7-4-14-33(23)27(37)24-8-5-15-34(24)26(36)21(30)16-19-9-11-20(17-29)12-10-19/h9-12,21-24H,2-8,13-16,30H2,1H3,(H,31,40)(H,32,35)(H,38,39)/t21-,22-,23-,24-/m0/s1. The number of unbranched alkanes of at least 4 members (excludes halogenated alkanes) is 1. The van der Waals surface area contributed by atoms with Crippen LogP contribution in [0.5, 0.6) is 0 Å². The van der Waals surface area contributed by atoms with Crippen molar-refractivity contribution in [2.45, 2.75) is 82.5 Å². The maximum Gasteiger partial charge on any atom is 0.326 e. The first-order valence-corrected chi connectivity index (χ1v) is 14.2. The largest absolute Gasteiger partial charge is 0.480 e. The van der Waals surface area contributed by atoms with Gasteiger partial charge in [-0.05, 0) is 76.0 Å². The van der Waals surface area contributed by atoms with E-state index in [0.29, 0.717) is 68.7 Å². The number of nitriles is 1. The van der Waals surface area contributed by atoms with Crippen LogP contribution >= 0.6 is 12.2 Å². The van der Waals surface area contributed by atoms with Crippen LogP contribution < -0.4 is 16.4 Å². The Morgan fingerprint density at radius 3 is 2.38 bits per heavy atom. The lowest BCUT2D eigenvalue weighted by molar-refractivity contribution is -0.148. The molecule has 12 heteroatoms. The molecule has 0 aliphatic carbocycles. The van der Waals surface area contributed by atoms with Crippen molar-refractivity contribution in [2.75, 3.05) is 19.6 Å².